The summed E-state index contributed by atoms with van der Waals surface area (Å²) in [5, 5.41) is 2.77. The van der Waals surface area contributed by atoms with Crippen molar-refractivity contribution in [1.82, 2.24) is 5.32 Å². The monoisotopic (exact) mass is 308 g/mol. The van der Waals surface area contributed by atoms with Crippen molar-refractivity contribution in [2.45, 2.75) is 20.3 Å². The molecule has 1 aromatic rings. The number of hydrogen-bond donors (Lipinski definition) is 1. The summed E-state index contributed by atoms with van der Waals surface area (Å²) in [5.74, 6) is 0.171. The molecule has 2 amide bonds. The van der Waals surface area contributed by atoms with E-state index in [1.165, 1.54) is 11.8 Å². The number of methoxy groups -OCH3 is 1. The summed E-state index contributed by atoms with van der Waals surface area (Å²) in [4.78, 5) is 25.3. The Kier molecular flexibility index (Phi) is 7.99. The van der Waals surface area contributed by atoms with Gasteiger partial charge in [-0.1, -0.05) is 12.1 Å². The van der Waals surface area contributed by atoms with Gasteiger partial charge in [0, 0.05) is 27.2 Å². The number of carbonyl (C=O) groups excluding carboxylic acids is 2. The summed E-state index contributed by atoms with van der Waals surface area (Å²) in [6, 6.07) is 7.19. The van der Waals surface area contributed by atoms with Crippen molar-refractivity contribution in [2.24, 2.45) is 0 Å². The topological polar surface area (TPSA) is 67.9 Å². The third-order valence-electron chi connectivity index (χ3n) is 2.99. The van der Waals surface area contributed by atoms with Gasteiger partial charge in [-0.15, -0.1) is 0 Å². The Morgan fingerprint density at radius 3 is 2.64 bits per heavy atom. The van der Waals surface area contributed by atoms with Crippen LogP contribution in [0.2, 0.25) is 0 Å². The van der Waals surface area contributed by atoms with Gasteiger partial charge < -0.3 is 14.8 Å². The molecular formula is C16H24N2O4. The second kappa shape index (κ2) is 9.78. The van der Waals surface area contributed by atoms with E-state index in [1.807, 2.05) is 19.1 Å². The molecule has 0 fully saturated rings. The van der Waals surface area contributed by atoms with Crippen LogP contribution in [0.1, 0.15) is 20.3 Å². The molecule has 0 aromatic heterocycles. The van der Waals surface area contributed by atoms with Crippen LogP contribution in [0.5, 0.6) is 5.75 Å². The average Bonchev–Trinajstić information content (AvgIpc) is 2.50. The number of para-hydroxylation sites is 2. The maximum atomic E-state index is 12.0. The van der Waals surface area contributed by atoms with Crippen molar-refractivity contribution in [3.05, 3.63) is 24.3 Å². The van der Waals surface area contributed by atoms with Crippen LogP contribution in [0.3, 0.4) is 0 Å². The van der Waals surface area contributed by atoms with Crippen molar-refractivity contribution >= 4 is 17.5 Å². The van der Waals surface area contributed by atoms with Crippen LogP contribution >= 0.6 is 0 Å². The van der Waals surface area contributed by atoms with Gasteiger partial charge in [0.15, 0.2) is 0 Å². The van der Waals surface area contributed by atoms with E-state index in [0.29, 0.717) is 31.2 Å². The van der Waals surface area contributed by atoms with E-state index in [1.54, 1.807) is 19.2 Å². The highest BCUT2D eigenvalue weighted by molar-refractivity contribution is 5.98. The zero-order valence-corrected chi connectivity index (χ0v) is 13.4. The standard InChI is InChI=1S/C16H24N2O4/c1-4-22-15-9-6-5-8-14(15)18(13(2)19)12-16(20)17-10-7-11-21-3/h5-6,8-9H,4,7,10-12H2,1-3H3,(H,17,20). The molecule has 0 bridgehead atoms. The normalized spacial score (nSPS) is 10.1. The van der Waals surface area contributed by atoms with Crippen LogP contribution in [0.25, 0.3) is 0 Å². The number of ether oxygens (including phenoxy) is 2. The zero-order valence-electron chi connectivity index (χ0n) is 13.4. The molecule has 0 heterocycles. The minimum atomic E-state index is -0.211. The molecule has 1 rings (SSSR count). The molecule has 0 saturated heterocycles. The summed E-state index contributed by atoms with van der Waals surface area (Å²) in [7, 11) is 1.62. The number of hydrogen-bond acceptors (Lipinski definition) is 4. The predicted molar refractivity (Wildman–Crippen MR) is 85.1 cm³/mol. The first-order valence-corrected chi connectivity index (χ1v) is 7.35. The molecule has 0 aliphatic carbocycles. The van der Waals surface area contributed by atoms with Gasteiger partial charge >= 0.3 is 0 Å². The predicted octanol–water partition coefficient (Wildman–Crippen LogP) is 1.59. The van der Waals surface area contributed by atoms with E-state index in [2.05, 4.69) is 5.32 Å². The Morgan fingerprint density at radius 1 is 1.27 bits per heavy atom. The van der Waals surface area contributed by atoms with Crippen molar-refractivity contribution in [2.75, 3.05) is 38.3 Å². The first-order valence-electron chi connectivity index (χ1n) is 7.35. The molecule has 0 unspecified atom stereocenters. The maximum Gasteiger partial charge on any atom is 0.240 e. The fraction of sp³-hybridized carbons (Fsp3) is 0.500. The highest BCUT2D eigenvalue weighted by Crippen LogP contribution is 2.27. The largest absolute Gasteiger partial charge is 0.492 e. The second-order valence-corrected chi connectivity index (χ2v) is 4.70. The SMILES string of the molecule is CCOc1ccccc1N(CC(=O)NCCCOC)C(C)=O. The lowest BCUT2D eigenvalue weighted by molar-refractivity contribution is -0.123. The number of carbonyl (C=O) groups is 2. The van der Waals surface area contributed by atoms with Gasteiger partial charge in [-0.25, -0.2) is 0 Å². The van der Waals surface area contributed by atoms with Crippen molar-refractivity contribution < 1.29 is 19.1 Å². The number of amides is 2. The summed E-state index contributed by atoms with van der Waals surface area (Å²) in [6.45, 7) is 4.87. The lowest BCUT2D eigenvalue weighted by Gasteiger charge is -2.23. The van der Waals surface area contributed by atoms with E-state index in [9.17, 15) is 9.59 Å². The van der Waals surface area contributed by atoms with Crippen LogP contribution in [0.4, 0.5) is 5.69 Å². The first kappa shape index (κ1) is 18.0. The average molecular weight is 308 g/mol. The third-order valence-corrected chi connectivity index (χ3v) is 2.99. The minimum absolute atomic E-state index is 0.0353. The molecule has 6 heteroatoms. The van der Waals surface area contributed by atoms with Gasteiger partial charge in [-0.05, 0) is 25.5 Å². The molecule has 0 aliphatic heterocycles. The van der Waals surface area contributed by atoms with Crippen LogP contribution in [-0.4, -0.2) is 45.2 Å². The third kappa shape index (κ3) is 5.73. The Bertz CT molecular complexity index is 491. The molecule has 0 radical (unpaired) electrons. The van der Waals surface area contributed by atoms with Gasteiger partial charge in [-0.3, -0.25) is 14.5 Å². The molecule has 0 aliphatic rings. The van der Waals surface area contributed by atoms with Gasteiger partial charge in [0.1, 0.15) is 12.3 Å². The Morgan fingerprint density at radius 2 is 2.00 bits per heavy atom. The summed E-state index contributed by atoms with van der Waals surface area (Å²) >= 11 is 0. The smallest absolute Gasteiger partial charge is 0.240 e. The zero-order chi connectivity index (χ0) is 16.4. The van der Waals surface area contributed by atoms with E-state index in [-0.39, 0.29) is 18.4 Å². The number of nitrogens with one attached hydrogen (secondary N) is 1. The maximum absolute atomic E-state index is 12.0. The van der Waals surface area contributed by atoms with Crippen LogP contribution in [-0.2, 0) is 14.3 Å². The highest BCUT2D eigenvalue weighted by Gasteiger charge is 2.19. The first-order chi connectivity index (χ1) is 10.6. The number of benzene rings is 1. The highest BCUT2D eigenvalue weighted by atomic mass is 16.5. The van der Waals surface area contributed by atoms with Crippen LogP contribution < -0.4 is 15.0 Å². The summed E-state index contributed by atoms with van der Waals surface area (Å²) in [6.07, 6.45) is 0.734. The van der Waals surface area contributed by atoms with E-state index in [4.69, 9.17) is 9.47 Å². The molecular weight excluding hydrogens is 284 g/mol. The quantitative estimate of drug-likeness (QED) is 0.704. The lowest BCUT2D eigenvalue weighted by Crippen LogP contribution is -2.40. The van der Waals surface area contributed by atoms with Crippen LogP contribution in [0.15, 0.2) is 24.3 Å². The van der Waals surface area contributed by atoms with Gasteiger partial charge in [0.25, 0.3) is 0 Å². The molecule has 6 nitrogen and oxygen atoms in total. The number of nitrogens with zero attached hydrogens (tertiary/aromatic N) is 1. The fourth-order valence-electron chi connectivity index (χ4n) is 1.97. The molecule has 0 saturated carbocycles. The molecule has 122 valence electrons. The van der Waals surface area contributed by atoms with Gasteiger partial charge in [0.2, 0.25) is 11.8 Å². The van der Waals surface area contributed by atoms with Crippen molar-refractivity contribution in [3.63, 3.8) is 0 Å². The fourth-order valence-corrected chi connectivity index (χ4v) is 1.97. The molecule has 1 N–H and O–H groups in total. The van der Waals surface area contributed by atoms with Crippen molar-refractivity contribution in [3.8, 4) is 5.75 Å². The van der Waals surface area contributed by atoms with Crippen molar-refractivity contribution in [1.29, 1.82) is 0 Å². The Labute approximate surface area is 131 Å². The Balaban J connectivity index is 2.74. The van der Waals surface area contributed by atoms with E-state index < -0.39 is 0 Å². The Hall–Kier alpha value is -2.08. The number of anilines is 1. The lowest BCUT2D eigenvalue weighted by atomic mass is 10.2. The van der Waals surface area contributed by atoms with Gasteiger partial charge in [-0.2, -0.15) is 0 Å². The summed E-state index contributed by atoms with van der Waals surface area (Å²) in [5.41, 5.74) is 0.601. The van der Waals surface area contributed by atoms with E-state index >= 15 is 0 Å². The van der Waals surface area contributed by atoms with Crippen LogP contribution in [0, 0.1) is 0 Å². The van der Waals surface area contributed by atoms with Gasteiger partial charge in [0.05, 0.1) is 12.3 Å². The minimum Gasteiger partial charge on any atom is -0.492 e. The second-order valence-electron chi connectivity index (χ2n) is 4.70. The summed E-state index contributed by atoms with van der Waals surface area (Å²) < 4.78 is 10.4. The molecule has 0 spiro atoms. The molecule has 22 heavy (non-hydrogen) atoms. The van der Waals surface area contributed by atoms with E-state index in [0.717, 1.165) is 6.42 Å². The molecule has 0 atom stereocenters. The number of rotatable bonds is 9. The molecule has 1 aromatic carbocycles.